The van der Waals surface area contributed by atoms with Crippen molar-refractivity contribution >= 4 is 23.1 Å². The normalized spacial score (nSPS) is 22.4. The Morgan fingerprint density at radius 3 is 3.21 bits per heavy atom. The molecule has 0 bridgehead atoms. The summed E-state index contributed by atoms with van der Waals surface area (Å²) >= 11 is 3.96. The van der Waals surface area contributed by atoms with Crippen LogP contribution < -0.4 is 5.32 Å². The minimum absolute atomic E-state index is 0.772. The first-order chi connectivity index (χ1) is 6.95. The maximum absolute atomic E-state index is 3.65. The Morgan fingerprint density at radius 1 is 1.50 bits per heavy atom. The van der Waals surface area contributed by atoms with Crippen molar-refractivity contribution in [2.45, 2.75) is 25.3 Å². The summed E-state index contributed by atoms with van der Waals surface area (Å²) in [4.78, 5) is 1.50. The third-order valence-corrected chi connectivity index (χ3v) is 4.70. The highest BCUT2D eigenvalue weighted by molar-refractivity contribution is 7.99. The Balaban J connectivity index is 1.62. The van der Waals surface area contributed by atoms with Crippen molar-refractivity contribution in [1.82, 2.24) is 5.32 Å². The Morgan fingerprint density at radius 2 is 2.50 bits per heavy atom. The van der Waals surface area contributed by atoms with Crippen LogP contribution in [0.15, 0.2) is 17.5 Å². The summed E-state index contributed by atoms with van der Waals surface area (Å²) in [6.45, 7) is 1.14. The van der Waals surface area contributed by atoms with E-state index >= 15 is 0 Å². The molecule has 1 aliphatic rings. The molecule has 1 saturated heterocycles. The quantitative estimate of drug-likeness (QED) is 0.849. The summed E-state index contributed by atoms with van der Waals surface area (Å²) in [5.41, 5.74) is 0. The van der Waals surface area contributed by atoms with E-state index in [1.807, 2.05) is 11.3 Å². The number of rotatable bonds is 4. The molecule has 0 radical (unpaired) electrons. The van der Waals surface area contributed by atoms with Crippen molar-refractivity contribution in [2.24, 2.45) is 0 Å². The smallest absolute Gasteiger partial charge is 0.0158 e. The van der Waals surface area contributed by atoms with Crippen molar-refractivity contribution in [2.75, 3.05) is 18.1 Å². The Labute approximate surface area is 94.3 Å². The molecule has 0 amide bonds. The van der Waals surface area contributed by atoms with Crippen LogP contribution in [0.4, 0.5) is 0 Å². The van der Waals surface area contributed by atoms with Crippen molar-refractivity contribution in [1.29, 1.82) is 0 Å². The lowest BCUT2D eigenvalue weighted by Gasteiger charge is -2.22. The van der Waals surface area contributed by atoms with Crippen LogP contribution in [-0.2, 0) is 6.42 Å². The number of thioether (sulfide) groups is 1. The standard InChI is InChI=1S/C11H17NS2/c1-3-10(9-13-7-1)12-6-5-11-4-2-8-14-11/h2,4,8,10,12H,1,3,5-7,9H2. The van der Waals surface area contributed by atoms with E-state index in [0.29, 0.717) is 0 Å². The van der Waals surface area contributed by atoms with Gasteiger partial charge in [0.05, 0.1) is 0 Å². The van der Waals surface area contributed by atoms with Gasteiger partial charge in [-0.25, -0.2) is 0 Å². The minimum atomic E-state index is 0.772. The van der Waals surface area contributed by atoms with Gasteiger partial charge in [0.1, 0.15) is 0 Å². The van der Waals surface area contributed by atoms with Crippen LogP contribution in [0.2, 0.25) is 0 Å². The molecule has 1 aromatic rings. The summed E-state index contributed by atoms with van der Waals surface area (Å²) in [6.07, 6.45) is 3.96. The summed E-state index contributed by atoms with van der Waals surface area (Å²) in [5.74, 6) is 2.67. The van der Waals surface area contributed by atoms with E-state index in [1.54, 1.807) is 0 Å². The summed E-state index contributed by atoms with van der Waals surface area (Å²) in [5, 5.41) is 5.80. The highest BCUT2D eigenvalue weighted by Crippen LogP contribution is 2.17. The first kappa shape index (κ1) is 10.5. The highest BCUT2D eigenvalue weighted by Gasteiger charge is 2.12. The molecular weight excluding hydrogens is 210 g/mol. The molecule has 0 saturated carbocycles. The van der Waals surface area contributed by atoms with Gasteiger partial charge >= 0.3 is 0 Å². The molecule has 1 unspecified atom stereocenters. The fourth-order valence-electron chi connectivity index (χ4n) is 1.76. The molecule has 78 valence electrons. The van der Waals surface area contributed by atoms with Crippen molar-refractivity contribution in [3.8, 4) is 0 Å². The van der Waals surface area contributed by atoms with Crippen molar-refractivity contribution < 1.29 is 0 Å². The summed E-state index contributed by atoms with van der Waals surface area (Å²) < 4.78 is 0. The van der Waals surface area contributed by atoms with Gasteiger partial charge in [-0.2, -0.15) is 11.8 Å². The number of nitrogens with one attached hydrogen (secondary N) is 1. The maximum Gasteiger partial charge on any atom is 0.0158 e. The summed E-state index contributed by atoms with van der Waals surface area (Å²) in [7, 11) is 0. The summed E-state index contributed by atoms with van der Waals surface area (Å²) in [6, 6.07) is 5.13. The van der Waals surface area contributed by atoms with Gasteiger partial charge < -0.3 is 5.32 Å². The largest absolute Gasteiger partial charge is 0.313 e. The number of hydrogen-bond donors (Lipinski definition) is 1. The fraction of sp³-hybridized carbons (Fsp3) is 0.636. The predicted octanol–water partition coefficient (Wildman–Crippen LogP) is 2.78. The van der Waals surface area contributed by atoms with Crippen LogP contribution in [0.1, 0.15) is 17.7 Å². The molecule has 14 heavy (non-hydrogen) atoms. The molecular formula is C11H17NS2. The van der Waals surface area contributed by atoms with E-state index in [2.05, 4.69) is 34.6 Å². The zero-order chi connectivity index (χ0) is 9.64. The van der Waals surface area contributed by atoms with Crippen LogP contribution >= 0.6 is 23.1 Å². The molecule has 3 heteroatoms. The fourth-order valence-corrected chi connectivity index (χ4v) is 3.57. The molecule has 0 spiro atoms. The molecule has 2 heterocycles. The highest BCUT2D eigenvalue weighted by atomic mass is 32.2. The van der Waals surface area contributed by atoms with E-state index in [9.17, 15) is 0 Å². The topological polar surface area (TPSA) is 12.0 Å². The molecule has 0 aromatic carbocycles. The Bertz CT molecular complexity index is 240. The lowest BCUT2D eigenvalue weighted by molar-refractivity contribution is 0.512. The molecule has 1 nitrogen and oxygen atoms in total. The van der Waals surface area contributed by atoms with E-state index in [1.165, 1.54) is 35.6 Å². The maximum atomic E-state index is 3.65. The molecule has 1 aliphatic heterocycles. The zero-order valence-corrected chi connectivity index (χ0v) is 10.0. The Kier molecular flexibility index (Phi) is 4.35. The lowest BCUT2D eigenvalue weighted by atomic mass is 10.2. The molecule has 1 atom stereocenters. The van der Waals surface area contributed by atoms with Gasteiger partial charge in [0.25, 0.3) is 0 Å². The third-order valence-electron chi connectivity index (χ3n) is 2.54. The predicted molar refractivity (Wildman–Crippen MR) is 66.4 cm³/mol. The van der Waals surface area contributed by atoms with E-state index in [4.69, 9.17) is 0 Å². The molecule has 1 N–H and O–H groups in total. The van der Waals surface area contributed by atoms with Crippen LogP contribution in [0.5, 0.6) is 0 Å². The molecule has 1 aromatic heterocycles. The van der Waals surface area contributed by atoms with Crippen LogP contribution in [0.25, 0.3) is 0 Å². The van der Waals surface area contributed by atoms with Crippen LogP contribution in [0.3, 0.4) is 0 Å². The van der Waals surface area contributed by atoms with Gasteiger partial charge in [-0.15, -0.1) is 11.3 Å². The van der Waals surface area contributed by atoms with E-state index in [0.717, 1.165) is 12.6 Å². The third kappa shape index (κ3) is 3.30. The molecule has 1 fully saturated rings. The van der Waals surface area contributed by atoms with Crippen molar-refractivity contribution in [3.63, 3.8) is 0 Å². The Hall–Kier alpha value is 0.01000. The van der Waals surface area contributed by atoms with Crippen molar-refractivity contribution in [3.05, 3.63) is 22.4 Å². The molecule has 2 rings (SSSR count). The number of thiophene rings is 1. The molecule has 0 aliphatic carbocycles. The zero-order valence-electron chi connectivity index (χ0n) is 8.37. The SMILES string of the molecule is c1csc(CCNC2CCCSC2)c1. The van der Waals surface area contributed by atoms with Gasteiger partial charge in [0.15, 0.2) is 0 Å². The van der Waals surface area contributed by atoms with Gasteiger partial charge in [-0.1, -0.05) is 6.07 Å². The van der Waals surface area contributed by atoms with Gasteiger partial charge in [-0.05, 0) is 36.5 Å². The number of hydrogen-bond acceptors (Lipinski definition) is 3. The van der Waals surface area contributed by atoms with Gasteiger partial charge in [-0.3, -0.25) is 0 Å². The van der Waals surface area contributed by atoms with Crippen LogP contribution in [0, 0.1) is 0 Å². The monoisotopic (exact) mass is 227 g/mol. The average molecular weight is 227 g/mol. The van der Waals surface area contributed by atoms with E-state index < -0.39 is 0 Å². The first-order valence-corrected chi connectivity index (χ1v) is 7.32. The van der Waals surface area contributed by atoms with Gasteiger partial charge in [0.2, 0.25) is 0 Å². The van der Waals surface area contributed by atoms with Crippen LogP contribution in [-0.4, -0.2) is 24.1 Å². The van der Waals surface area contributed by atoms with E-state index in [-0.39, 0.29) is 0 Å². The van der Waals surface area contributed by atoms with Gasteiger partial charge in [0, 0.05) is 23.2 Å². The first-order valence-electron chi connectivity index (χ1n) is 5.28. The second kappa shape index (κ2) is 5.79. The second-order valence-corrected chi connectivity index (χ2v) is 5.88. The lowest BCUT2D eigenvalue weighted by Crippen LogP contribution is -2.34. The average Bonchev–Trinajstić information content (AvgIpc) is 2.72. The minimum Gasteiger partial charge on any atom is -0.313 e. The second-order valence-electron chi connectivity index (χ2n) is 3.70.